The summed E-state index contributed by atoms with van der Waals surface area (Å²) in [6, 6.07) is 6.89. The van der Waals surface area contributed by atoms with Crippen LogP contribution < -0.4 is 10.5 Å². The fourth-order valence-electron chi connectivity index (χ4n) is 4.39. The van der Waals surface area contributed by atoms with Gasteiger partial charge >= 0.3 is 0 Å². The minimum Gasteiger partial charge on any atom is -0.493 e. The van der Waals surface area contributed by atoms with Crippen LogP contribution in [0.15, 0.2) is 18.2 Å². The van der Waals surface area contributed by atoms with Crippen LogP contribution in [0.25, 0.3) is 0 Å². The molecular weight excluding hydrogens is 234 g/mol. The first-order valence-electron chi connectivity index (χ1n) is 7.86. The highest BCUT2D eigenvalue weighted by Crippen LogP contribution is 2.59. The van der Waals surface area contributed by atoms with Crippen LogP contribution in [0.2, 0.25) is 0 Å². The van der Waals surface area contributed by atoms with Gasteiger partial charge in [0.1, 0.15) is 5.75 Å². The zero-order chi connectivity index (χ0) is 12.8. The Morgan fingerprint density at radius 3 is 2.68 bits per heavy atom. The van der Waals surface area contributed by atoms with Gasteiger partial charge in [-0.1, -0.05) is 25.0 Å². The van der Waals surface area contributed by atoms with Gasteiger partial charge < -0.3 is 10.5 Å². The summed E-state index contributed by atoms with van der Waals surface area (Å²) < 4.78 is 5.69. The largest absolute Gasteiger partial charge is 0.493 e. The fourth-order valence-corrected chi connectivity index (χ4v) is 4.39. The maximum atomic E-state index is 6.55. The number of hydrogen-bond acceptors (Lipinski definition) is 2. The number of aryl methyl sites for hydroxylation is 1. The average Bonchev–Trinajstić information content (AvgIpc) is 3.20. The summed E-state index contributed by atoms with van der Waals surface area (Å²) in [6.07, 6.45) is 7.95. The van der Waals surface area contributed by atoms with Gasteiger partial charge in [-0.3, -0.25) is 0 Å². The van der Waals surface area contributed by atoms with E-state index in [1.54, 1.807) is 0 Å². The monoisotopic (exact) mass is 257 g/mol. The molecule has 3 aliphatic rings. The van der Waals surface area contributed by atoms with Gasteiger partial charge in [0.05, 0.1) is 6.61 Å². The molecule has 102 valence electrons. The third-order valence-electron chi connectivity index (χ3n) is 5.45. The van der Waals surface area contributed by atoms with Gasteiger partial charge in [-0.2, -0.15) is 0 Å². The predicted molar refractivity (Wildman–Crippen MR) is 76.1 cm³/mol. The van der Waals surface area contributed by atoms with E-state index >= 15 is 0 Å². The molecule has 1 aliphatic heterocycles. The summed E-state index contributed by atoms with van der Waals surface area (Å²) in [7, 11) is 0. The summed E-state index contributed by atoms with van der Waals surface area (Å²) in [4.78, 5) is 0. The molecule has 1 aromatic carbocycles. The van der Waals surface area contributed by atoms with E-state index < -0.39 is 0 Å². The molecule has 19 heavy (non-hydrogen) atoms. The van der Waals surface area contributed by atoms with E-state index in [2.05, 4.69) is 18.2 Å². The number of ether oxygens (including phenoxy) is 1. The Labute approximate surface area is 115 Å². The molecule has 0 aromatic heterocycles. The number of nitrogens with two attached hydrogens (primary N) is 1. The minimum absolute atomic E-state index is 0.250. The van der Waals surface area contributed by atoms with Crippen LogP contribution in [-0.4, -0.2) is 6.61 Å². The zero-order valence-corrected chi connectivity index (χ0v) is 11.5. The first-order valence-corrected chi connectivity index (χ1v) is 7.86. The zero-order valence-electron chi connectivity index (χ0n) is 11.5. The lowest BCUT2D eigenvalue weighted by Gasteiger charge is -2.20. The number of rotatable bonds is 2. The Balaban J connectivity index is 1.55. The van der Waals surface area contributed by atoms with Crippen molar-refractivity contribution in [3.63, 3.8) is 0 Å². The van der Waals surface area contributed by atoms with Crippen molar-refractivity contribution in [3.05, 3.63) is 29.3 Å². The van der Waals surface area contributed by atoms with Crippen molar-refractivity contribution in [3.8, 4) is 5.75 Å². The lowest BCUT2D eigenvalue weighted by Crippen LogP contribution is -2.16. The molecule has 0 spiro atoms. The molecular formula is C17H23NO. The molecule has 2 fully saturated rings. The van der Waals surface area contributed by atoms with Gasteiger partial charge in [0.25, 0.3) is 0 Å². The van der Waals surface area contributed by atoms with E-state index in [1.165, 1.54) is 36.8 Å². The normalized spacial score (nSPS) is 33.8. The van der Waals surface area contributed by atoms with Crippen LogP contribution in [-0.2, 0) is 6.42 Å². The molecule has 0 amide bonds. The second kappa shape index (κ2) is 4.52. The summed E-state index contributed by atoms with van der Waals surface area (Å²) in [5.74, 6) is 3.69. The molecule has 1 heterocycles. The van der Waals surface area contributed by atoms with E-state index in [4.69, 9.17) is 10.5 Å². The van der Waals surface area contributed by atoms with E-state index in [0.717, 1.165) is 43.0 Å². The average molecular weight is 257 g/mol. The molecule has 0 radical (unpaired) electrons. The number of benzene rings is 1. The van der Waals surface area contributed by atoms with Crippen molar-refractivity contribution in [2.24, 2.45) is 23.5 Å². The SMILES string of the molecule is NC(c1ccc2c(c1)CCCO2)C1C2CCCCC21. The Kier molecular flexibility index (Phi) is 2.80. The van der Waals surface area contributed by atoms with Gasteiger partial charge in [0, 0.05) is 6.04 Å². The molecule has 1 aromatic rings. The molecule has 3 atom stereocenters. The highest BCUT2D eigenvalue weighted by molar-refractivity contribution is 5.40. The second-order valence-corrected chi connectivity index (χ2v) is 6.53. The maximum absolute atomic E-state index is 6.55. The second-order valence-electron chi connectivity index (χ2n) is 6.53. The van der Waals surface area contributed by atoms with Gasteiger partial charge in [0.2, 0.25) is 0 Å². The Morgan fingerprint density at radius 1 is 1.11 bits per heavy atom. The van der Waals surface area contributed by atoms with E-state index in [-0.39, 0.29) is 6.04 Å². The summed E-state index contributed by atoms with van der Waals surface area (Å²) >= 11 is 0. The molecule has 2 nitrogen and oxygen atoms in total. The van der Waals surface area contributed by atoms with Crippen LogP contribution >= 0.6 is 0 Å². The van der Waals surface area contributed by atoms with E-state index in [0.29, 0.717) is 0 Å². The van der Waals surface area contributed by atoms with Crippen molar-refractivity contribution in [2.75, 3.05) is 6.61 Å². The Hall–Kier alpha value is -1.02. The van der Waals surface area contributed by atoms with Crippen molar-refractivity contribution in [2.45, 2.75) is 44.6 Å². The fraction of sp³-hybridized carbons (Fsp3) is 0.647. The number of hydrogen-bond donors (Lipinski definition) is 1. The quantitative estimate of drug-likeness (QED) is 0.880. The van der Waals surface area contributed by atoms with Crippen molar-refractivity contribution in [1.82, 2.24) is 0 Å². The molecule has 4 rings (SSSR count). The molecule has 2 heteroatoms. The first-order chi connectivity index (χ1) is 9.34. The molecule has 2 saturated carbocycles. The molecule has 0 bridgehead atoms. The standard InChI is InChI=1S/C17H23NO/c18-17(16-13-5-1-2-6-14(13)16)12-7-8-15-11(10-12)4-3-9-19-15/h7-8,10,13-14,16-17H,1-6,9,18H2. The molecule has 3 unspecified atom stereocenters. The van der Waals surface area contributed by atoms with Crippen molar-refractivity contribution in [1.29, 1.82) is 0 Å². The summed E-state index contributed by atoms with van der Waals surface area (Å²) in [5.41, 5.74) is 9.25. The van der Waals surface area contributed by atoms with Crippen LogP contribution in [0.1, 0.15) is 49.3 Å². The molecule has 2 aliphatic carbocycles. The lowest BCUT2D eigenvalue weighted by atomic mass is 9.96. The first kappa shape index (κ1) is 11.8. The Morgan fingerprint density at radius 2 is 1.89 bits per heavy atom. The van der Waals surface area contributed by atoms with Crippen LogP contribution in [0.5, 0.6) is 5.75 Å². The maximum Gasteiger partial charge on any atom is 0.122 e. The van der Waals surface area contributed by atoms with Crippen LogP contribution in [0.3, 0.4) is 0 Å². The van der Waals surface area contributed by atoms with E-state index in [1.807, 2.05) is 0 Å². The number of fused-ring (bicyclic) bond motifs is 2. The van der Waals surface area contributed by atoms with Gasteiger partial charge in [-0.05, 0) is 60.6 Å². The molecule has 0 saturated heterocycles. The lowest BCUT2D eigenvalue weighted by molar-refractivity contribution is 0.288. The third kappa shape index (κ3) is 1.97. The van der Waals surface area contributed by atoms with E-state index in [9.17, 15) is 0 Å². The summed E-state index contributed by atoms with van der Waals surface area (Å²) in [5, 5.41) is 0. The smallest absolute Gasteiger partial charge is 0.122 e. The topological polar surface area (TPSA) is 35.2 Å². The highest BCUT2D eigenvalue weighted by Gasteiger charge is 2.53. The van der Waals surface area contributed by atoms with Crippen LogP contribution in [0.4, 0.5) is 0 Å². The van der Waals surface area contributed by atoms with Crippen molar-refractivity contribution < 1.29 is 4.74 Å². The Bertz CT molecular complexity index is 472. The van der Waals surface area contributed by atoms with Crippen LogP contribution in [0, 0.1) is 17.8 Å². The van der Waals surface area contributed by atoms with Gasteiger partial charge in [0.15, 0.2) is 0 Å². The van der Waals surface area contributed by atoms with Gasteiger partial charge in [-0.15, -0.1) is 0 Å². The molecule has 2 N–H and O–H groups in total. The minimum atomic E-state index is 0.250. The third-order valence-corrected chi connectivity index (χ3v) is 5.45. The predicted octanol–water partition coefficient (Wildman–Crippen LogP) is 3.45. The highest BCUT2D eigenvalue weighted by atomic mass is 16.5. The van der Waals surface area contributed by atoms with Crippen molar-refractivity contribution >= 4 is 0 Å². The van der Waals surface area contributed by atoms with Gasteiger partial charge in [-0.25, -0.2) is 0 Å². The summed E-state index contributed by atoms with van der Waals surface area (Å²) in [6.45, 7) is 0.866.